The minimum Gasteiger partial charge on any atom is -0.379 e. The lowest BCUT2D eigenvalue weighted by Crippen LogP contribution is -2.39. The Balaban J connectivity index is 1.63. The number of halogens is 1. The second-order valence-electron chi connectivity index (χ2n) is 5.79. The molecular formula is C16H20ClN3O. The molecule has 5 heteroatoms. The van der Waals surface area contributed by atoms with Gasteiger partial charge in [0.15, 0.2) is 0 Å². The molecular weight excluding hydrogens is 286 g/mol. The van der Waals surface area contributed by atoms with Crippen molar-refractivity contribution in [3.05, 3.63) is 28.8 Å². The van der Waals surface area contributed by atoms with Crippen LogP contribution in [0.15, 0.2) is 18.2 Å². The van der Waals surface area contributed by atoms with E-state index in [1.165, 1.54) is 6.42 Å². The highest BCUT2D eigenvalue weighted by Crippen LogP contribution is 2.29. The Hall–Kier alpha value is -1.28. The first-order valence-electron chi connectivity index (χ1n) is 7.51. The van der Waals surface area contributed by atoms with Crippen molar-refractivity contribution >= 4 is 17.3 Å². The topological polar surface area (TPSA) is 39.5 Å². The fourth-order valence-corrected chi connectivity index (χ4v) is 3.40. The fourth-order valence-electron chi connectivity index (χ4n) is 3.22. The Morgan fingerprint density at radius 2 is 2.10 bits per heavy atom. The second-order valence-corrected chi connectivity index (χ2v) is 6.22. The van der Waals surface area contributed by atoms with E-state index >= 15 is 0 Å². The molecule has 2 saturated heterocycles. The summed E-state index contributed by atoms with van der Waals surface area (Å²) in [5.41, 5.74) is 1.70. The molecule has 112 valence electrons. The number of hydrogen-bond acceptors (Lipinski definition) is 4. The van der Waals surface area contributed by atoms with Gasteiger partial charge in [0.2, 0.25) is 0 Å². The van der Waals surface area contributed by atoms with Crippen LogP contribution < -0.4 is 4.90 Å². The van der Waals surface area contributed by atoms with Crippen molar-refractivity contribution in [2.24, 2.45) is 5.92 Å². The summed E-state index contributed by atoms with van der Waals surface area (Å²) < 4.78 is 5.40. The van der Waals surface area contributed by atoms with Crippen LogP contribution in [0.4, 0.5) is 5.69 Å². The first kappa shape index (κ1) is 14.6. The number of hydrogen-bond donors (Lipinski definition) is 0. The van der Waals surface area contributed by atoms with Gasteiger partial charge in [-0.15, -0.1) is 0 Å². The molecule has 4 nitrogen and oxygen atoms in total. The Morgan fingerprint density at radius 3 is 2.86 bits per heavy atom. The van der Waals surface area contributed by atoms with Crippen LogP contribution in [0.3, 0.4) is 0 Å². The third-order valence-corrected chi connectivity index (χ3v) is 4.56. The molecule has 0 saturated carbocycles. The van der Waals surface area contributed by atoms with Gasteiger partial charge in [-0.25, -0.2) is 0 Å². The zero-order valence-electron chi connectivity index (χ0n) is 12.1. The third kappa shape index (κ3) is 3.49. The normalized spacial score (nSPS) is 23.2. The predicted octanol–water partition coefficient (Wildman–Crippen LogP) is 2.37. The van der Waals surface area contributed by atoms with Gasteiger partial charge in [-0.1, -0.05) is 11.6 Å². The molecule has 2 aliphatic heterocycles. The molecule has 0 aliphatic carbocycles. The lowest BCUT2D eigenvalue weighted by Gasteiger charge is -2.29. The molecule has 0 aromatic heterocycles. The number of nitrogens with zero attached hydrogens (tertiary/aromatic N) is 3. The zero-order valence-corrected chi connectivity index (χ0v) is 12.9. The molecule has 21 heavy (non-hydrogen) atoms. The lowest BCUT2D eigenvalue weighted by molar-refractivity contribution is 0.0320. The quantitative estimate of drug-likeness (QED) is 0.859. The largest absolute Gasteiger partial charge is 0.379 e. The lowest BCUT2D eigenvalue weighted by atomic mass is 10.1. The highest BCUT2D eigenvalue weighted by Gasteiger charge is 2.26. The number of ether oxygens (including phenoxy) is 1. The second kappa shape index (κ2) is 6.65. The van der Waals surface area contributed by atoms with Gasteiger partial charge in [-0.2, -0.15) is 5.26 Å². The summed E-state index contributed by atoms with van der Waals surface area (Å²) in [7, 11) is 0. The van der Waals surface area contributed by atoms with Crippen molar-refractivity contribution in [1.29, 1.82) is 5.26 Å². The van der Waals surface area contributed by atoms with Gasteiger partial charge in [-0.3, -0.25) is 4.90 Å². The molecule has 0 N–H and O–H groups in total. The van der Waals surface area contributed by atoms with Crippen LogP contribution in [-0.2, 0) is 4.74 Å². The number of morpholine rings is 1. The standard InChI is InChI=1S/C16H20ClN3O/c17-15-1-2-16(14(9-15)10-18)20-4-3-13(12-20)11-19-5-7-21-8-6-19/h1-2,9,13H,3-8,11-12H2/t13-/m0/s1. The molecule has 2 heterocycles. The highest BCUT2D eigenvalue weighted by atomic mass is 35.5. The summed E-state index contributed by atoms with van der Waals surface area (Å²) in [6, 6.07) is 7.85. The Labute approximate surface area is 130 Å². The van der Waals surface area contributed by atoms with Gasteiger partial charge in [0.05, 0.1) is 24.5 Å². The molecule has 0 bridgehead atoms. The summed E-state index contributed by atoms with van der Waals surface area (Å²) in [4.78, 5) is 4.81. The van der Waals surface area contributed by atoms with E-state index in [9.17, 15) is 5.26 Å². The third-order valence-electron chi connectivity index (χ3n) is 4.33. The van der Waals surface area contributed by atoms with E-state index in [1.54, 1.807) is 6.07 Å². The van der Waals surface area contributed by atoms with Crippen LogP contribution in [0.25, 0.3) is 0 Å². The first-order valence-corrected chi connectivity index (χ1v) is 7.89. The van der Waals surface area contributed by atoms with Gasteiger partial charge >= 0.3 is 0 Å². The summed E-state index contributed by atoms with van der Waals surface area (Å²) in [6.07, 6.45) is 1.19. The molecule has 0 spiro atoms. The van der Waals surface area contributed by atoms with E-state index in [4.69, 9.17) is 16.3 Å². The van der Waals surface area contributed by atoms with Crippen LogP contribution in [0, 0.1) is 17.2 Å². The van der Waals surface area contributed by atoms with Crippen molar-refractivity contribution in [1.82, 2.24) is 4.90 Å². The first-order chi connectivity index (χ1) is 10.3. The molecule has 1 atom stereocenters. The van der Waals surface area contributed by atoms with E-state index in [0.29, 0.717) is 16.5 Å². The van der Waals surface area contributed by atoms with Gasteiger partial charge in [0.1, 0.15) is 6.07 Å². The molecule has 0 amide bonds. The molecule has 0 unspecified atom stereocenters. The summed E-state index contributed by atoms with van der Waals surface area (Å²) in [6.45, 7) is 6.97. The summed E-state index contributed by atoms with van der Waals surface area (Å²) in [5.74, 6) is 0.672. The van der Waals surface area contributed by atoms with Crippen molar-refractivity contribution in [2.45, 2.75) is 6.42 Å². The number of nitriles is 1. The zero-order chi connectivity index (χ0) is 14.7. The summed E-state index contributed by atoms with van der Waals surface area (Å²) in [5, 5.41) is 9.90. The summed E-state index contributed by atoms with van der Waals surface area (Å²) >= 11 is 5.97. The molecule has 3 rings (SSSR count). The van der Waals surface area contributed by atoms with E-state index in [0.717, 1.165) is 51.6 Å². The van der Waals surface area contributed by atoms with Crippen LogP contribution in [0.2, 0.25) is 5.02 Å². The van der Waals surface area contributed by atoms with Crippen LogP contribution >= 0.6 is 11.6 Å². The van der Waals surface area contributed by atoms with Crippen LogP contribution in [-0.4, -0.2) is 50.8 Å². The Bertz CT molecular complexity index is 537. The monoisotopic (exact) mass is 305 g/mol. The minimum absolute atomic E-state index is 0.624. The SMILES string of the molecule is N#Cc1cc(Cl)ccc1N1CC[C@@H](CN2CCOCC2)C1. The number of rotatable bonds is 3. The van der Waals surface area contributed by atoms with Crippen molar-refractivity contribution in [3.8, 4) is 6.07 Å². The van der Waals surface area contributed by atoms with Gasteiger partial charge < -0.3 is 9.64 Å². The van der Waals surface area contributed by atoms with E-state index in [1.807, 2.05) is 12.1 Å². The number of anilines is 1. The van der Waals surface area contributed by atoms with Crippen LogP contribution in [0.1, 0.15) is 12.0 Å². The predicted molar refractivity (Wildman–Crippen MR) is 83.7 cm³/mol. The average molecular weight is 306 g/mol. The molecule has 1 aromatic rings. The van der Waals surface area contributed by atoms with Crippen molar-refractivity contribution in [3.63, 3.8) is 0 Å². The Morgan fingerprint density at radius 1 is 1.29 bits per heavy atom. The number of benzene rings is 1. The maximum absolute atomic E-state index is 9.27. The van der Waals surface area contributed by atoms with Crippen molar-refractivity contribution in [2.75, 3.05) is 50.8 Å². The van der Waals surface area contributed by atoms with Gasteiger partial charge in [-0.05, 0) is 30.5 Å². The van der Waals surface area contributed by atoms with E-state index < -0.39 is 0 Å². The van der Waals surface area contributed by atoms with Crippen LogP contribution in [0.5, 0.6) is 0 Å². The van der Waals surface area contributed by atoms with Gasteiger partial charge in [0, 0.05) is 37.7 Å². The highest BCUT2D eigenvalue weighted by molar-refractivity contribution is 6.30. The van der Waals surface area contributed by atoms with E-state index in [-0.39, 0.29) is 0 Å². The van der Waals surface area contributed by atoms with Crippen molar-refractivity contribution < 1.29 is 4.74 Å². The van der Waals surface area contributed by atoms with E-state index in [2.05, 4.69) is 15.9 Å². The maximum atomic E-state index is 9.27. The molecule has 0 radical (unpaired) electrons. The van der Waals surface area contributed by atoms with Gasteiger partial charge in [0.25, 0.3) is 0 Å². The smallest absolute Gasteiger partial charge is 0.101 e. The molecule has 2 fully saturated rings. The fraction of sp³-hybridized carbons (Fsp3) is 0.562. The maximum Gasteiger partial charge on any atom is 0.101 e. The Kier molecular flexibility index (Phi) is 4.64. The molecule has 2 aliphatic rings. The minimum atomic E-state index is 0.624. The average Bonchev–Trinajstić information content (AvgIpc) is 2.96. The molecule has 1 aromatic carbocycles.